The highest BCUT2D eigenvalue weighted by Gasteiger charge is 2.13. The third kappa shape index (κ3) is 3.89. The summed E-state index contributed by atoms with van der Waals surface area (Å²) in [5, 5.41) is 25.4. The van der Waals surface area contributed by atoms with Gasteiger partial charge in [-0.05, 0) is 47.2 Å². The Balaban J connectivity index is 1.26. The van der Waals surface area contributed by atoms with Crippen LogP contribution in [0, 0.1) is 0 Å². The fourth-order valence-electron chi connectivity index (χ4n) is 3.36. The predicted molar refractivity (Wildman–Crippen MR) is 116 cm³/mol. The van der Waals surface area contributed by atoms with Crippen LogP contribution in [-0.4, -0.2) is 26.4 Å². The number of amides is 1. The molecule has 0 saturated carbocycles. The number of rotatable bonds is 5. The van der Waals surface area contributed by atoms with Gasteiger partial charge in [-0.3, -0.25) is 9.89 Å². The normalized spacial score (nSPS) is 11.0. The number of phenols is 1. The Morgan fingerprint density at radius 1 is 0.935 bits per heavy atom. The highest BCUT2D eigenvalue weighted by molar-refractivity contribution is 5.93. The van der Waals surface area contributed by atoms with Crippen LogP contribution in [0.4, 0.5) is 0 Å². The third-order valence-corrected chi connectivity index (χ3v) is 5.01. The van der Waals surface area contributed by atoms with Gasteiger partial charge in [-0.2, -0.15) is 5.10 Å². The number of carbonyl (C=O) groups is 1. The first kappa shape index (κ1) is 18.6. The van der Waals surface area contributed by atoms with Crippen LogP contribution < -0.4 is 5.32 Å². The number of carbonyl (C=O) groups excluding carboxylic acids is 1. The van der Waals surface area contributed by atoms with Gasteiger partial charge in [-0.25, -0.2) is 0 Å². The van der Waals surface area contributed by atoms with Gasteiger partial charge in [0.2, 0.25) is 0 Å². The van der Waals surface area contributed by atoms with Crippen LogP contribution in [0.5, 0.6) is 5.75 Å². The minimum Gasteiger partial charge on any atom is -0.508 e. The van der Waals surface area contributed by atoms with Crippen molar-refractivity contribution in [2.24, 2.45) is 0 Å². The summed E-state index contributed by atoms with van der Waals surface area (Å²) in [6, 6.07) is 24.3. The maximum Gasteiger partial charge on any atom is 0.269 e. The second-order valence-corrected chi connectivity index (χ2v) is 7.14. The van der Waals surface area contributed by atoms with Gasteiger partial charge in [0, 0.05) is 17.2 Å². The molecule has 0 fully saturated rings. The van der Waals surface area contributed by atoms with Crippen LogP contribution in [-0.2, 0) is 6.54 Å². The second kappa shape index (κ2) is 7.79. The zero-order valence-corrected chi connectivity index (χ0v) is 16.4. The van der Waals surface area contributed by atoms with Gasteiger partial charge in [0.15, 0.2) is 5.76 Å². The Morgan fingerprint density at radius 3 is 2.55 bits per heavy atom. The van der Waals surface area contributed by atoms with Gasteiger partial charge in [-0.1, -0.05) is 41.6 Å². The van der Waals surface area contributed by atoms with E-state index in [-0.39, 0.29) is 18.2 Å². The molecule has 7 nitrogen and oxygen atoms in total. The average Bonchev–Trinajstić information content (AvgIpc) is 3.48. The molecule has 5 aromatic rings. The van der Waals surface area contributed by atoms with Gasteiger partial charge in [0.1, 0.15) is 17.1 Å². The molecule has 0 aliphatic rings. The largest absolute Gasteiger partial charge is 0.508 e. The summed E-state index contributed by atoms with van der Waals surface area (Å²) in [6.45, 7) is 0.226. The van der Waals surface area contributed by atoms with Gasteiger partial charge in [0.05, 0.1) is 12.2 Å². The van der Waals surface area contributed by atoms with Crippen LogP contribution in [0.25, 0.3) is 33.4 Å². The van der Waals surface area contributed by atoms with Crippen LogP contribution in [0.2, 0.25) is 0 Å². The highest BCUT2D eigenvalue weighted by Crippen LogP contribution is 2.25. The fraction of sp³-hybridized carbons (Fsp3) is 0.0417. The summed E-state index contributed by atoms with van der Waals surface area (Å²) < 4.78 is 5.47. The second-order valence-electron chi connectivity index (χ2n) is 7.14. The first-order valence-electron chi connectivity index (χ1n) is 9.73. The standard InChI is InChI=1S/C24H18N4O3/c29-20-9-7-16(8-10-20)21-13-22(27-26-21)24(30)25-14-19-12-23(31-28-19)18-6-5-15-3-1-2-4-17(15)11-18/h1-13,29H,14H2,(H,25,30)(H,26,27). The molecule has 152 valence electrons. The first-order valence-corrected chi connectivity index (χ1v) is 9.73. The molecule has 1 amide bonds. The molecule has 0 saturated heterocycles. The van der Waals surface area contributed by atoms with E-state index in [1.54, 1.807) is 30.3 Å². The summed E-state index contributed by atoms with van der Waals surface area (Å²) in [7, 11) is 0. The highest BCUT2D eigenvalue weighted by atomic mass is 16.5. The van der Waals surface area contributed by atoms with E-state index in [1.807, 2.05) is 42.5 Å². The van der Waals surface area contributed by atoms with E-state index in [0.29, 0.717) is 22.8 Å². The molecule has 2 aromatic heterocycles. The Morgan fingerprint density at radius 2 is 1.71 bits per heavy atom. The zero-order valence-electron chi connectivity index (χ0n) is 16.4. The van der Waals surface area contributed by atoms with E-state index in [1.165, 1.54) is 0 Å². The maximum atomic E-state index is 12.5. The number of aromatic amines is 1. The van der Waals surface area contributed by atoms with Crippen molar-refractivity contribution >= 4 is 16.7 Å². The molecule has 0 bridgehead atoms. The number of nitrogens with one attached hydrogen (secondary N) is 2. The Bertz CT molecular complexity index is 1370. The lowest BCUT2D eigenvalue weighted by molar-refractivity contribution is 0.0945. The Hall–Kier alpha value is -4.39. The molecule has 7 heteroatoms. The van der Waals surface area contributed by atoms with Crippen molar-refractivity contribution in [3.05, 3.63) is 90.3 Å². The molecular weight excluding hydrogens is 392 g/mol. The van der Waals surface area contributed by atoms with E-state index >= 15 is 0 Å². The number of fused-ring (bicyclic) bond motifs is 1. The van der Waals surface area contributed by atoms with Crippen molar-refractivity contribution in [1.29, 1.82) is 0 Å². The van der Waals surface area contributed by atoms with Crippen LogP contribution in [0.1, 0.15) is 16.2 Å². The molecule has 5 rings (SSSR count). The predicted octanol–water partition coefficient (Wildman–Crippen LogP) is 4.52. The molecule has 0 radical (unpaired) electrons. The number of nitrogens with zero attached hydrogens (tertiary/aromatic N) is 2. The molecule has 31 heavy (non-hydrogen) atoms. The van der Waals surface area contributed by atoms with Crippen molar-refractivity contribution in [3.8, 4) is 28.3 Å². The van der Waals surface area contributed by atoms with Gasteiger partial charge in [0.25, 0.3) is 5.91 Å². The van der Waals surface area contributed by atoms with Crippen LogP contribution in [0.15, 0.2) is 83.4 Å². The van der Waals surface area contributed by atoms with Crippen molar-refractivity contribution in [1.82, 2.24) is 20.7 Å². The summed E-state index contributed by atoms with van der Waals surface area (Å²) >= 11 is 0. The van der Waals surface area contributed by atoms with Crippen molar-refractivity contribution in [2.45, 2.75) is 6.54 Å². The molecule has 0 aliphatic carbocycles. The van der Waals surface area contributed by atoms with Crippen LogP contribution >= 0.6 is 0 Å². The van der Waals surface area contributed by atoms with E-state index in [0.717, 1.165) is 21.9 Å². The minimum atomic E-state index is -0.298. The number of H-pyrrole nitrogens is 1. The summed E-state index contributed by atoms with van der Waals surface area (Å²) in [5.41, 5.74) is 3.29. The Labute approximate surface area is 177 Å². The molecule has 0 aliphatic heterocycles. The number of aromatic nitrogens is 3. The lowest BCUT2D eigenvalue weighted by atomic mass is 10.1. The van der Waals surface area contributed by atoms with Gasteiger partial charge < -0.3 is 14.9 Å². The molecular formula is C24H18N4O3. The molecule has 2 heterocycles. The van der Waals surface area contributed by atoms with Crippen LogP contribution in [0.3, 0.4) is 0 Å². The number of benzene rings is 3. The monoisotopic (exact) mass is 410 g/mol. The third-order valence-electron chi connectivity index (χ3n) is 5.01. The number of hydrogen-bond acceptors (Lipinski definition) is 5. The lowest BCUT2D eigenvalue weighted by Gasteiger charge is -2.00. The number of phenolic OH excluding ortho intramolecular Hbond substituents is 1. The quantitative estimate of drug-likeness (QED) is 0.395. The average molecular weight is 410 g/mol. The summed E-state index contributed by atoms with van der Waals surface area (Å²) in [5.74, 6) is 0.520. The molecule has 3 N–H and O–H groups in total. The van der Waals surface area contributed by atoms with Crippen molar-refractivity contribution < 1.29 is 14.4 Å². The summed E-state index contributed by atoms with van der Waals surface area (Å²) in [6.07, 6.45) is 0. The first-order chi connectivity index (χ1) is 15.2. The molecule has 3 aromatic carbocycles. The van der Waals surface area contributed by atoms with Crippen molar-refractivity contribution in [2.75, 3.05) is 0 Å². The topological polar surface area (TPSA) is 104 Å². The smallest absolute Gasteiger partial charge is 0.269 e. The van der Waals surface area contributed by atoms with E-state index in [9.17, 15) is 9.90 Å². The minimum absolute atomic E-state index is 0.174. The fourth-order valence-corrected chi connectivity index (χ4v) is 3.36. The van der Waals surface area contributed by atoms with Crippen molar-refractivity contribution in [3.63, 3.8) is 0 Å². The summed E-state index contributed by atoms with van der Waals surface area (Å²) in [4.78, 5) is 12.5. The Kier molecular flexibility index (Phi) is 4.68. The maximum absolute atomic E-state index is 12.5. The number of aromatic hydroxyl groups is 1. The SMILES string of the molecule is O=C(NCc1cc(-c2ccc3ccccc3c2)on1)c1cc(-c2ccc(O)cc2)n[nH]1. The zero-order chi connectivity index (χ0) is 21.2. The lowest BCUT2D eigenvalue weighted by Crippen LogP contribution is -2.23. The molecule has 0 atom stereocenters. The van der Waals surface area contributed by atoms with Gasteiger partial charge >= 0.3 is 0 Å². The van der Waals surface area contributed by atoms with E-state index < -0.39 is 0 Å². The molecule has 0 unspecified atom stereocenters. The number of hydrogen-bond donors (Lipinski definition) is 3. The van der Waals surface area contributed by atoms with E-state index in [4.69, 9.17) is 4.52 Å². The molecule has 0 spiro atoms. The van der Waals surface area contributed by atoms with E-state index in [2.05, 4.69) is 26.7 Å². The van der Waals surface area contributed by atoms with Gasteiger partial charge in [-0.15, -0.1) is 0 Å².